The first-order valence-corrected chi connectivity index (χ1v) is 9.12. The normalized spacial score (nSPS) is 10.9. The van der Waals surface area contributed by atoms with Crippen molar-refractivity contribution in [2.45, 2.75) is 13.8 Å². The molecule has 0 bridgehead atoms. The standard InChI is InChI=1S/C19H17N5O2S/c1-11-6-4-5-7-15(11)24-12(2)17(22-23-24)18(25)21-19-20-14-10-13(26-3)8-9-16(14)27-19/h4-10H,1-3H3,(H,20,21,25). The maximum absolute atomic E-state index is 12.7. The van der Waals surface area contributed by atoms with E-state index in [1.165, 1.54) is 11.3 Å². The Labute approximate surface area is 159 Å². The van der Waals surface area contributed by atoms with Crippen molar-refractivity contribution < 1.29 is 9.53 Å². The van der Waals surface area contributed by atoms with Crippen LogP contribution in [0.4, 0.5) is 5.13 Å². The lowest BCUT2D eigenvalue weighted by atomic mass is 10.2. The maximum Gasteiger partial charge on any atom is 0.279 e. The SMILES string of the molecule is COc1ccc2sc(NC(=O)c3nnn(-c4ccccc4C)c3C)nc2c1. The number of anilines is 1. The molecule has 0 saturated carbocycles. The first kappa shape index (κ1) is 17.2. The number of carbonyl (C=O) groups excluding carboxylic acids is 1. The van der Waals surface area contributed by atoms with Gasteiger partial charge in [-0.25, -0.2) is 9.67 Å². The first-order valence-electron chi connectivity index (χ1n) is 8.31. The molecule has 1 N–H and O–H groups in total. The largest absolute Gasteiger partial charge is 0.497 e. The lowest BCUT2D eigenvalue weighted by molar-refractivity contribution is 0.102. The van der Waals surface area contributed by atoms with E-state index in [-0.39, 0.29) is 11.6 Å². The Kier molecular flexibility index (Phi) is 4.33. The molecule has 136 valence electrons. The number of fused-ring (bicyclic) bond motifs is 1. The van der Waals surface area contributed by atoms with E-state index in [4.69, 9.17) is 4.74 Å². The number of ether oxygens (including phenoxy) is 1. The summed E-state index contributed by atoms with van der Waals surface area (Å²) in [7, 11) is 1.61. The molecule has 2 heterocycles. The van der Waals surface area contributed by atoms with Gasteiger partial charge in [-0.15, -0.1) is 5.10 Å². The van der Waals surface area contributed by atoms with Crippen LogP contribution in [-0.4, -0.2) is 33.0 Å². The zero-order valence-electron chi connectivity index (χ0n) is 15.1. The van der Waals surface area contributed by atoms with Crippen LogP contribution < -0.4 is 10.1 Å². The molecular weight excluding hydrogens is 362 g/mol. The minimum absolute atomic E-state index is 0.273. The second-order valence-electron chi connectivity index (χ2n) is 6.03. The van der Waals surface area contributed by atoms with Gasteiger partial charge in [-0.05, 0) is 37.6 Å². The fraction of sp³-hybridized carbons (Fsp3) is 0.158. The van der Waals surface area contributed by atoms with Gasteiger partial charge in [0, 0.05) is 6.07 Å². The van der Waals surface area contributed by atoms with E-state index < -0.39 is 0 Å². The van der Waals surface area contributed by atoms with E-state index in [0.717, 1.165) is 27.2 Å². The zero-order chi connectivity index (χ0) is 19.0. The van der Waals surface area contributed by atoms with Crippen LogP contribution in [-0.2, 0) is 0 Å². The molecule has 2 aromatic carbocycles. The second-order valence-corrected chi connectivity index (χ2v) is 7.06. The Morgan fingerprint density at radius 3 is 2.78 bits per heavy atom. The number of carbonyl (C=O) groups is 1. The highest BCUT2D eigenvalue weighted by molar-refractivity contribution is 7.22. The highest BCUT2D eigenvalue weighted by Gasteiger charge is 2.19. The molecule has 0 atom stereocenters. The molecule has 0 radical (unpaired) electrons. The number of rotatable bonds is 4. The van der Waals surface area contributed by atoms with E-state index in [1.807, 2.05) is 56.3 Å². The fourth-order valence-corrected chi connectivity index (χ4v) is 3.65. The molecule has 27 heavy (non-hydrogen) atoms. The number of aromatic nitrogens is 4. The number of hydrogen-bond donors (Lipinski definition) is 1. The summed E-state index contributed by atoms with van der Waals surface area (Å²) in [6.45, 7) is 3.82. The quantitative estimate of drug-likeness (QED) is 0.584. The molecule has 2 aromatic heterocycles. The lowest BCUT2D eigenvalue weighted by Gasteiger charge is -2.06. The number of hydrogen-bond acceptors (Lipinski definition) is 6. The summed E-state index contributed by atoms with van der Waals surface area (Å²) in [5.74, 6) is 0.390. The molecule has 0 aliphatic carbocycles. The van der Waals surface area contributed by atoms with E-state index in [0.29, 0.717) is 10.8 Å². The summed E-state index contributed by atoms with van der Waals surface area (Å²) < 4.78 is 7.85. The monoisotopic (exact) mass is 379 g/mol. The molecule has 0 fully saturated rings. The molecule has 0 unspecified atom stereocenters. The van der Waals surface area contributed by atoms with Gasteiger partial charge in [0.15, 0.2) is 10.8 Å². The number of thiazole rings is 1. The number of nitrogens with zero attached hydrogens (tertiary/aromatic N) is 4. The third-order valence-corrected chi connectivity index (χ3v) is 5.22. The van der Waals surface area contributed by atoms with Crippen LogP contribution in [0, 0.1) is 13.8 Å². The highest BCUT2D eigenvalue weighted by atomic mass is 32.1. The van der Waals surface area contributed by atoms with Gasteiger partial charge in [-0.2, -0.15) is 0 Å². The smallest absolute Gasteiger partial charge is 0.279 e. The Morgan fingerprint density at radius 2 is 2.00 bits per heavy atom. The molecule has 7 nitrogen and oxygen atoms in total. The summed E-state index contributed by atoms with van der Waals surface area (Å²) in [5.41, 5.74) is 3.67. The maximum atomic E-state index is 12.7. The van der Waals surface area contributed by atoms with Crippen LogP contribution in [0.3, 0.4) is 0 Å². The van der Waals surface area contributed by atoms with Crippen molar-refractivity contribution in [3.05, 3.63) is 59.4 Å². The number of para-hydroxylation sites is 1. The van der Waals surface area contributed by atoms with Crippen LogP contribution in [0.5, 0.6) is 5.75 Å². The van der Waals surface area contributed by atoms with Crippen LogP contribution >= 0.6 is 11.3 Å². The molecule has 0 aliphatic heterocycles. The van der Waals surface area contributed by atoms with Crippen molar-refractivity contribution in [2.75, 3.05) is 12.4 Å². The van der Waals surface area contributed by atoms with E-state index in [2.05, 4.69) is 20.6 Å². The minimum atomic E-state index is -0.335. The predicted molar refractivity (Wildman–Crippen MR) is 105 cm³/mol. The number of aryl methyl sites for hydroxylation is 1. The zero-order valence-corrected chi connectivity index (χ0v) is 15.9. The Bertz CT molecular complexity index is 1150. The van der Waals surface area contributed by atoms with Gasteiger partial charge >= 0.3 is 0 Å². The summed E-state index contributed by atoms with van der Waals surface area (Å²) in [6.07, 6.45) is 0. The summed E-state index contributed by atoms with van der Waals surface area (Å²) in [5, 5.41) is 11.5. The van der Waals surface area contributed by atoms with Gasteiger partial charge in [-0.1, -0.05) is 34.7 Å². The Morgan fingerprint density at radius 1 is 1.19 bits per heavy atom. The number of benzene rings is 2. The molecule has 8 heteroatoms. The fourth-order valence-electron chi connectivity index (χ4n) is 2.81. The predicted octanol–water partition coefficient (Wildman–Crippen LogP) is 3.75. The van der Waals surface area contributed by atoms with E-state index >= 15 is 0 Å². The van der Waals surface area contributed by atoms with Crippen molar-refractivity contribution in [1.82, 2.24) is 20.0 Å². The van der Waals surface area contributed by atoms with Gasteiger partial charge in [0.05, 0.1) is 28.7 Å². The molecule has 0 saturated heterocycles. The molecule has 0 aliphatic rings. The van der Waals surface area contributed by atoms with Gasteiger partial charge in [0.25, 0.3) is 5.91 Å². The van der Waals surface area contributed by atoms with Crippen molar-refractivity contribution in [1.29, 1.82) is 0 Å². The third kappa shape index (κ3) is 3.15. The average molecular weight is 379 g/mol. The number of methoxy groups -OCH3 is 1. The van der Waals surface area contributed by atoms with Gasteiger partial charge in [-0.3, -0.25) is 10.1 Å². The Hall–Kier alpha value is -3.26. The van der Waals surface area contributed by atoms with Crippen molar-refractivity contribution >= 4 is 32.6 Å². The second kappa shape index (κ2) is 6.81. The molecule has 0 spiro atoms. The molecule has 1 amide bonds. The first-order chi connectivity index (χ1) is 13.1. The minimum Gasteiger partial charge on any atom is -0.497 e. The third-order valence-electron chi connectivity index (χ3n) is 4.27. The number of amides is 1. The molecular formula is C19H17N5O2S. The summed E-state index contributed by atoms with van der Waals surface area (Å²) >= 11 is 1.40. The topological polar surface area (TPSA) is 81.9 Å². The average Bonchev–Trinajstić information content (AvgIpc) is 3.24. The van der Waals surface area contributed by atoms with E-state index in [9.17, 15) is 4.79 Å². The van der Waals surface area contributed by atoms with Crippen LogP contribution in [0.25, 0.3) is 15.9 Å². The molecule has 4 rings (SSSR count). The van der Waals surface area contributed by atoms with Gasteiger partial charge < -0.3 is 4.74 Å². The van der Waals surface area contributed by atoms with Crippen LogP contribution in [0.15, 0.2) is 42.5 Å². The Balaban J connectivity index is 1.61. The van der Waals surface area contributed by atoms with Crippen molar-refractivity contribution in [3.63, 3.8) is 0 Å². The lowest BCUT2D eigenvalue weighted by Crippen LogP contribution is -2.14. The molecule has 4 aromatic rings. The summed E-state index contributed by atoms with van der Waals surface area (Å²) in [4.78, 5) is 17.1. The van der Waals surface area contributed by atoms with Gasteiger partial charge in [0.2, 0.25) is 0 Å². The van der Waals surface area contributed by atoms with Crippen LogP contribution in [0.1, 0.15) is 21.7 Å². The van der Waals surface area contributed by atoms with Crippen molar-refractivity contribution in [2.24, 2.45) is 0 Å². The van der Waals surface area contributed by atoms with Crippen LogP contribution in [0.2, 0.25) is 0 Å². The summed E-state index contributed by atoms with van der Waals surface area (Å²) in [6, 6.07) is 13.4. The van der Waals surface area contributed by atoms with E-state index in [1.54, 1.807) is 11.8 Å². The number of nitrogens with one attached hydrogen (secondary N) is 1. The van der Waals surface area contributed by atoms with Gasteiger partial charge in [0.1, 0.15) is 5.75 Å². The van der Waals surface area contributed by atoms with Crippen molar-refractivity contribution in [3.8, 4) is 11.4 Å². The highest BCUT2D eigenvalue weighted by Crippen LogP contribution is 2.29.